The first kappa shape index (κ1) is 13.1. The highest BCUT2D eigenvalue weighted by atomic mass is 16.5. The Hall–Kier alpha value is -2.37. The Kier molecular flexibility index (Phi) is 3.50. The first-order valence-electron chi connectivity index (χ1n) is 5.98. The monoisotopic (exact) mass is 260 g/mol. The Morgan fingerprint density at radius 3 is 2.74 bits per heavy atom. The molecule has 2 heterocycles. The van der Waals surface area contributed by atoms with E-state index in [1.165, 1.54) is 6.20 Å². The molecule has 0 spiro atoms. The number of nitrogens with two attached hydrogens (primary N) is 1. The van der Waals surface area contributed by atoms with Crippen LogP contribution >= 0.6 is 0 Å². The van der Waals surface area contributed by atoms with Crippen molar-refractivity contribution >= 4 is 11.7 Å². The third-order valence-corrected chi connectivity index (χ3v) is 2.94. The number of hydrogen-bond donors (Lipinski definition) is 1. The molecule has 2 aromatic heterocycles. The summed E-state index contributed by atoms with van der Waals surface area (Å²) in [5, 5.41) is 0. The Balaban J connectivity index is 2.51. The number of hydrogen-bond acceptors (Lipinski definition) is 5. The highest BCUT2D eigenvalue weighted by molar-refractivity contribution is 5.96. The van der Waals surface area contributed by atoms with Crippen molar-refractivity contribution < 1.29 is 9.53 Å². The number of aromatic nitrogens is 3. The molecule has 0 fully saturated rings. The zero-order chi connectivity index (χ0) is 14.0. The third kappa shape index (κ3) is 2.29. The summed E-state index contributed by atoms with van der Waals surface area (Å²) >= 11 is 0. The third-order valence-electron chi connectivity index (χ3n) is 2.94. The van der Waals surface area contributed by atoms with Gasteiger partial charge in [0.1, 0.15) is 6.33 Å². The molecule has 6 heteroatoms. The number of nitrogens with zero attached hydrogens (tertiary/aromatic N) is 3. The van der Waals surface area contributed by atoms with Crippen LogP contribution in [0.15, 0.2) is 18.6 Å². The van der Waals surface area contributed by atoms with Gasteiger partial charge in [0.2, 0.25) is 0 Å². The summed E-state index contributed by atoms with van der Waals surface area (Å²) in [6.07, 6.45) is 3.17. The molecule has 0 atom stereocenters. The fourth-order valence-electron chi connectivity index (χ4n) is 1.75. The number of ether oxygens (including phenoxy) is 1. The molecule has 0 aliphatic carbocycles. The number of anilines is 1. The number of pyridine rings is 1. The van der Waals surface area contributed by atoms with Gasteiger partial charge < -0.3 is 10.5 Å². The van der Waals surface area contributed by atoms with Crippen molar-refractivity contribution in [2.45, 2.75) is 20.8 Å². The fourth-order valence-corrected chi connectivity index (χ4v) is 1.75. The van der Waals surface area contributed by atoms with Gasteiger partial charge in [0.25, 0.3) is 0 Å². The standard InChI is InChI=1S/C13H16N4O2/c1-4-19-13(18)10-5-6-15-12(11(10)14)17-7-16-8(2)9(17)3/h5-7H,4,14H2,1-3H3. The van der Waals surface area contributed by atoms with Crippen LogP contribution < -0.4 is 5.73 Å². The molecule has 0 unspecified atom stereocenters. The van der Waals surface area contributed by atoms with Crippen molar-refractivity contribution in [2.75, 3.05) is 12.3 Å². The lowest BCUT2D eigenvalue weighted by atomic mass is 10.2. The van der Waals surface area contributed by atoms with Crippen LogP contribution in [0.25, 0.3) is 5.82 Å². The molecule has 0 bridgehead atoms. The number of imidazole rings is 1. The van der Waals surface area contributed by atoms with E-state index in [9.17, 15) is 4.79 Å². The van der Waals surface area contributed by atoms with Crippen molar-refractivity contribution in [1.29, 1.82) is 0 Å². The molecule has 2 aromatic rings. The minimum Gasteiger partial charge on any atom is -0.462 e. The number of carbonyl (C=O) groups is 1. The molecule has 0 aliphatic heterocycles. The van der Waals surface area contributed by atoms with E-state index in [1.54, 1.807) is 23.9 Å². The van der Waals surface area contributed by atoms with Crippen molar-refractivity contribution in [2.24, 2.45) is 0 Å². The van der Waals surface area contributed by atoms with Crippen LogP contribution in [-0.4, -0.2) is 27.1 Å². The number of carbonyl (C=O) groups excluding carboxylic acids is 1. The second kappa shape index (κ2) is 5.09. The van der Waals surface area contributed by atoms with Crippen molar-refractivity contribution in [1.82, 2.24) is 14.5 Å². The lowest BCUT2D eigenvalue weighted by molar-refractivity contribution is 0.0527. The van der Waals surface area contributed by atoms with Gasteiger partial charge in [0, 0.05) is 11.9 Å². The van der Waals surface area contributed by atoms with Crippen molar-refractivity contribution in [3.05, 3.63) is 35.5 Å². The number of aryl methyl sites for hydroxylation is 1. The lowest BCUT2D eigenvalue weighted by Crippen LogP contribution is -2.12. The average molecular weight is 260 g/mol. The smallest absolute Gasteiger partial charge is 0.340 e. The summed E-state index contributed by atoms with van der Waals surface area (Å²) in [6.45, 7) is 5.87. The fraction of sp³-hybridized carbons (Fsp3) is 0.308. The molecule has 0 aliphatic rings. The predicted octanol–water partition coefficient (Wildman–Crippen LogP) is 1.64. The van der Waals surface area contributed by atoms with Crippen LogP contribution in [0.5, 0.6) is 0 Å². The SMILES string of the molecule is CCOC(=O)c1ccnc(-n2cnc(C)c2C)c1N. The van der Waals surface area contributed by atoms with Gasteiger partial charge in [-0.25, -0.2) is 14.8 Å². The number of esters is 1. The Morgan fingerprint density at radius 1 is 1.42 bits per heavy atom. The molecule has 2 rings (SSSR count). The first-order valence-corrected chi connectivity index (χ1v) is 5.98. The number of nitrogen functional groups attached to an aromatic ring is 1. The van der Waals surface area contributed by atoms with E-state index in [1.807, 2.05) is 13.8 Å². The van der Waals surface area contributed by atoms with Gasteiger partial charge in [0.05, 0.1) is 23.6 Å². The zero-order valence-electron chi connectivity index (χ0n) is 11.2. The zero-order valence-corrected chi connectivity index (χ0v) is 11.2. The molecule has 0 radical (unpaired) electrons. The summed E-state index contributed by atoms with van der Waals surface area (Å²) in [6, 6.07) is 1.55. The summed E-state index contributed by atoms with van der Waals surface area (Å²) in [4.78, 5) is 20.2. The molecule has 0 saturated heterocycles. The van der Waals surface area contributed by atoms with E-state index in [2.05, 4.69) is 9.97 Å². The summed E-state index contributed by atoms with van der Waals surface area (Å²) in [7, 11) is 0. The van der Waals surface area contributed by atoms with Crippen LogP contribution in [0, 0.1) is 13.8 Å². The van der Waals surface area contributed by atoms with E-state index in [0.29, 0.717) is 23.7 Å². The van der Waals surface area contributed by atoms with Gasteiger partial charge in [-0.15, -0.1) is 0 Å². The lowest BCUT2D eigenvalue weighted by Gasteiger charge is -2.11. The number of rotatable bonds is 3. The summed E-state index contributed by atoms with van der Waals surface area (Å²) in [5.74, 6) is 0.0433. The Labute approximate surface area is 111 Å². The van der Waals surface area contributed by atoms with E-state index >= 15 is 0 Å². The topological polar surface area (TPSA) is 83.0 Å². The van der Waals surface area contributed by atoms with E-state index < -0.39 is 5.97 Å². The maximum Gasteiger partial charge on any atom is 0.340 e. The van der Waals surface area contributed by atoms with Gasteiger partial charge in [-0.3, -0.25) is 4.57 Å². The molecular formula is C13H16N4O2. The summed E-state index contributed by atoms with van der Waals surface area (Å²) in [5.41, 5.74) is 8.45. The maximum absolute atomic E-state index is 11.8. The molecule has 6 nitrogen and oxygen atoms in total. The van der Waals surface area contributed by atoms with Crippen LogP contribution in [0.4, 0.5) is 5.69 Å². The minimum absolute atomic E-state index is 0.293. The quantitative estimate of drug-likeness (QED) is 0.848. The average Bonchev–Trinajstić information content (AvgIpc) is 2.71. The van der Waals surface area contributed by atoms with Gasteiger partial charge in [0.15, 0.2) is 5.82 Å². The van der Waals surface area contributed by atoms with Gasteiger partial charge >= 0.3 is 5.97 Å². The highest BCUT2D eigenvalue weighted by Crippen LogP contribution is 2.22. The molecule has 2 N–H and O–H groups in total. The second-order valence-electron chi connectivity index (χ2n) is 4.10. The Bertz CT molecular complexity index is 619. The van der Waals surface area contributed by atoms with Crippen molar-refractivity contribution in [3.8, 4) is 5.82 Å². The van der Waals surface area contributed by atoms with Crippen molar-refractivity contribution in [3.63, 3.8) is 0 Å². The van der Waals surface area contributed by atoms with Crippen LogP contribution in [0.2, 0.25) is 0 Å². The Morgan fingerprint density at radius 2 is 2.16 bits per heavy atom. The predicted molar refractivity (Wildman–Crippen MR) is 71.2 cm³/mol. The molecular weight excluding hydrogens is 244 g/mol. The van der Waals surface area contributed by atoms with Crippen LogP contribution in [0.1, 0.15) is 28.7 Å². The summed E-state index contributed by atoms with van der Waals surface area (Å²) < 4.78 is 6.72. The largest absolute Gasteiger partial charge is 0.462 e. The molecule has 0 aromatic carbocycles. The normalized spacial score (nSPS) is 10.5. The minimum atomic E-state index is -0.446. The van der Waals surface area contributed by atoms with Crippen LogP contribution in [-0.2, 0) is 4.74 Å². The molecule has 0 saturated carbocycles. The maximum atomic E-state index is 11.8. The van der Waals surface area contributed by atoms with E-state index in [4.69, 9.17) is 10.5 Å². The second-order valence-corrected chi connectivity index (χ2v) is 4.10. The van der Waals surface area contributed by atoms with Gasteiger partial charge in [-0.05, 0) is 26.8 Å². The molecule has 19 heavy (non-hydrogen) atoms. The molecule has 0 amide bonds. The first-order chi connectivity index (χ1) is 9.06. The van der Waals surface area contributed by atoms with E-state index in [-0.39, 0.29) is 0 Å². The van der Waals surface area contributed by atoms with Gasteiger partial charge in [-0.1, -0.05) is 0 Å². The van der Waals surface area contributed by atoms with Gasteiger partial charge in [-0.2, -0.15) is 0 Å². The highest BCUT2D eigenvalue weighted by Gasteiger charge is 2.17. The molecule has 100 valence electrons. The van der Waals surface area contributed by atoms with E-state index in [0.717, 1.165) is 11.4 Å². The van der Waals surface area contributed by atoms with Crippen LogP contribution in [0.3, 0.4) is 0 Å².